The van der Waals surface area contributed by atoms with Gasteiger partial charge in [-0.2, -0.15) is 0 Å². The number of benzene rings is 1. The maximum Gasteiger partial charge on any atom is 0.308 e. The predicted octanol–water partition coefficient (Wildman–Crippen LogP) is 5.99. The number of phenolic OH excluding ortho intramolecular Hbond substituents is 2. The van der Waals surface area contributed by atoms with Gasteiger partial charge in [0.2, 0.25) is 0 Å². The second-order valence-corrected chi connectivity index (χ2v) is 7.34. The number of carbonyl (C=O) groups excluding carboxylic acids is 1. The van der Waals surface area contributed by atoms with Crippen molar-refractivity contribution in [2.75, 3.05) is 0 Å². The van der Waals surface area contributed by atoms with Crippen molar-refractivity contribution in [2.45, 2.75) is 79.6 Å². The third-order valence-electron chi connectivity index (χ3n) is 4.45. The number of phenols is 2. The van der Waals surface area contributed by atoms with Gasteiger partial charge >= 0.3 is 5.97 Å². The smallest absolute Gasteiger partial charge is 0.308 e. The molecule has 0 aliphatic rings. The second-order valence-electron chi connectivity index (χ2n) is 7.34. The van der Waals surface area contributed by atoms with Gasteiger partial charge in [0.05, 0.1) is 0 Å². The number of ether oxygens (including phenoxy) is 1. The average molecular weight is 375 g/mol. The zero-order valence-electron chi connectivity index (χ0n) is 17.4. The van der Waals surface area contributed by atoms with Crippen LogP contribution in [0.5, 0.6) is 17.2 Å². The van der Waals surface area contributed by atoms with E-state index in [0.29, 0.717) is 24.0 Å². The fourth-order valence-electron chi connectivity index (χ4n) is 2.91. The molecule has 0 bridgehead atoms. The van der Waals surface area contributed by atoms with E-state index in [-0.39, 0.29) is 17.2 Å². The molecule has 0 saturated heterocycles. The molecule has 1 rings (SSSR count). The van der Waals surface area contributed by atoms with Crippen molar-refractivity contribution in [3.05, 3.63) is 40.5 Å². The molecule has 0 aliphatic heterocycles. The molecule has 1 aromatic carbocycles. The van der Waals surface area contributed by atoms with E-state index in [1.54, 1.807) is 6.07 Å². The summed E-state index contributed by atoms with van der Waals surface area (Å²) in [6.07, 6.45) is 10.1. The Hall–Kier alpha value is -2.23. The van der Waals surface area contributed by atoms with Crippen molar-refractivity contribution in [2.24, 2.45) is 0 Å². The van der Waals surface area contributed by atoms with Crippen LogP contribution in [0.1, 0.15) is 77.8 Å². The largest absolute Gasteiger partial charge is 0.508 e. The van der Waals surface area contributed by atoms with E-state index in [9.17, 15) is 15.0 Å². The number of unbranched alkanes of at least 4 members (excludes halogenated alkanes) is 2. The topological polar surface area (TPSA) is 66.8 Å². The van der Waals surface area contributed by atoms with E-state index in [1.807, 2.05) is 13.0 Å². The van der Waals surface area contributed by atoms with E-state index < -0.39 is 5.97 Å². The van der Waals surface area contributed by atoms with E-state index >= 15 is 0 Å². The van der Waals surface area contributed by atoms with Crippen molar-refractivity contribution in [1.82, 2.24) is 0 Å². The summed E-state index contributed by atoms with van der Waals surface area (Å²) < 4.78 is 5.27. The van der Waals surface area contributed by atoms with Gasteiger partial charge in [-0.15, -0.1) is 0 Å². The van der Waals surface area contributed by atoms with Crippen LogP contribution in [0.15, 0.2) is 29.4 Å². The summed E-state index contributed by atoms with van der Waals surface area (Å²) in [5.41, 5.74) is 3.55. The quantitative estimate of drug-likeness (QED) is 0.228. The maximum absolute atomic E-state index is 11.5. The van der Waals surface area contributed by atoms with Crippen LogP contribution in [0.2, 0.25) is 0 Å². The lowest BCUT2D eigenvalue weighted by Gasteiger charge is -2.15. The lowest BCUT2D eigenvalue weighted by Crippen LogP contribution is -2.06. The van der Waals surface area contributed by atoms with E-state index in [2.05, 4.69) is 26.8 Å². The Morgan fingerprint density at radius 2 is 1.81 bits per heavy atom. The fourth-order valence-corrected chi connectivity index (χ4v) is 2.91. The first-order chi connectivity index (χ1) is 12.8. The number of aryl methyl sites for hydroxylation is 1. The van der Waals surface area contributed by atoms with Gasteiger partial charge in [0, 0.05) is 18.1 Å². The molecule has 0 aliphatic carbocycles. The Kier molecular flexibility index (Phi) is 9.70. The standard InChI is InChI=1S/C23H34O4/c1-6-7-8-12-19-15-21(25)20(22(26)23(19)27-18(5)24)14-13-17(4)11-9-10-16(2)3/h10,13,15,25-26H,6-9,11-12,14H2,1-5H3/b17-13+. The molecule has 2 N–H and O–H groups in total. The van der Waals surface area contributed by atoms with Crippen molar-refractivity contribution in [1.29, 1.82) is 0 Å². The summed E-state index contributed by atoms with van der Waals surface area (Å²) in [5, 5.41) is 21.1. The van der Waals surface area contributed by atoms with E-state index in [4.69, 9.17) is 4.74 Å². The average Bonchev–Trinajstić information content (AvgIpc) is 2.57. The Balaban J connectivity index is 3.05. The molecule has 150 valence electrons. The summed E-state index contributed by atoms with van der Waals surface area (Å²) in [5.74, 6) is -0.387. The van der Waals surface area contributed by atoms with Crippen LogP contribution in [-0.4, -0.2) is 16.2 Å². The predicted molar refractivity (Wildman–Crippen MR) is 110 cm³/mol. The summed E-state index contributed by atoms with van der Waals surface area (Å²) in [4.78, 5) is 11.5. The number of hydrogen-bond acceptors (Lipinski definition) is 4. The highest BCUT2D eigenvalue weighted by atomic mass is 16.5. The number of carbonyl (C=O) groups is 1. The molecular formula is C23H34O4. The minimum absolute atomic E-state index is 0.0447. The molecule has 0 amide bonds. The SMILES string of the molecule is CCCCCc1cc(O)c(C/C=C(\C)CCC=C(C)C)c(O)c1OC(C)=O. The highest BCUT2D eigenvalue weighted by Crippen LogP contribution is 2.41. The first kappa shape index (κ1) is 22.8. The van der Waals surface area contributed by atoms with Gasteiger partial charge in [-0.1, -0.05) is 43.1 Å². The maximum atomic E-state index is 11.5. The van der Waals surface area contributed by atoms with Gasteiger partial charge in [0.1, 0.15) is 5.75 Å². The molecule has 4 heteroatoms. The molecule has 0 unspecified atom stereocenters. The van der Waals surface area contributed by atoms with Crippen LogP contribution in [-0.2, 0) is 17.6 Å². The summed E-state index contributed by atoms with van der Waals surface area (Å²) in [7, 11) is 0. The first-order valence-electron chi connectivity index (χ1n) is 9.80. The lowest BCUT2D eigenvalue weighted by atomic mass is 9.99. The molecule has 0 aromatic heterocycles. The summed E-state index contributed by atoms with van der Waals surface area (Å²) >= 11 is 0. The van der Waals surface area contributed by atoms with Gasteiger partial charge < -0.3 is 14.9 Å². The zero-order chi connectivity index (χ0) is 20.4. The van der Waals surface area contributed by atoms with Crippen molar-refractivity contribution >= 4 is 5.97 Å². The van der Waals surface area contributed by atoms with Crippen LogP contribution >= 0.6 is 0 Å². The van der Waals surface area contributed by atoms with Crippen molar-refractivity contribution < 1.29 is 19.7 Å². The molecule has 0 atom stereocenters. The highest BCUT2D eigenvalue weighted by molar-refractivity contribution is 5.72. The molecule has 27 heavy (non-hydrogen) atoms. The molecule has 0 heterocycles. The van der Waals surface area contributed by atoms with Crippen molar-refractivity contribution in [3.63, 3.8) is 0 Å². The van der Waals surface area contributed by atoms with Crippen LogP contribution in [0.4, 0.5) is 0 Å². The van der Waals surface area contributed by atoms with E-state index in [1.165, 1.54) is 18.1 Å². The molecule has 0 radical (unpaired) electrons. The van der Waals surface area contributed by atoms with E-state index in [0.717, 1.165) is 32.1 Å². The summed E-state index contributed by atoms with van der Waals surface area (Å²) in [6, 6.07) is 1.62. The van der Waals surface area contributed by atoms with Gasteiger partial charge in [-0.05, 0) is 58.9 Å². The fraction of sp³-hybridized carbons (Fsp3) is 0.522. The minimum atomic E-state index is -0.480. The number of allylic oxidation sites excluding steroid dienone is 4. The monoisotopic (exact) mass is 374 g/mol. The second kappa shape index (κ2) is 11.5. The van der Waals surface area contributed by atoms with Gasteiger partial charge in [0.25, 0.3) is 0 Å². The molecule has 0 saturated carbocycles. The number of aromatic hydroxyl groups is 2. The van der Waals surface area contributed by atoms with Gasteiger partial charge in [0.15, 0.2) is 11.5 Å². The Bertz CT molecular complexity index is 695. The number of esters is 1. The Labute approximate surface area is 163 Å². The molecule has 4 nitrogen and oxygen atoms in total. The van der Waals surface area contributed by atoms with Gasteiger partial charge in [-0.25, -0.2) is 0 Å². The highest BCUT2D eigenvalue weighted by Gasteiger charge is 2.19. The lowest BCUT2D eigenvalue weighted by molar-refractivity contribution is -0.132. The minimum Gasteiger partial charge on any atom is -0.508 e. The van der Waals surface area contributed by atoms with Crippen LogP contribution in [0.3, 0.4) is 0 Å². The first-order valence-corrected chi connectivity index (χ1v) is 9.80. The normalized spacial score (nSPS) is 11.4. The zero-order valence-corrected chi connectivity index (χ0v) is 17.4. The molecule has 0 fully saturated rings. The molecule has 0 spiro atoms. The van der Waals surface area contributed by atoms with Crippen LogP contribution in [0.25, 0.3) is 0 Å². The molecule has 1 aromatic rings. The van der Waals surface area contributed by atoms with Crippen LogP contribution in [0, 0.1) is 0 Å². The molecular weight excluding hydrogens is 340 g/mol. The number of hydrogen-bond donors (Lipinski definition) is 2. The third kappa shape index (κ3) is 7.90. The van der Waals surface area contributed by atoms with Crippen LogP contribution < -0.4 is 4.74 Å². The Morgan fingerprint density at radius 3 is 2.41 bits per heavy atom. The number of rotatable bonds is 10. The summed E-state index contributed by atoms with van der Waals surface area (Å²) in [6.45, 7) is 9.62. The Morgan fingerprint density at radius 1 is 1.11 bits per heavy atom. The van der Waals surface area contributed by atoms with Gasteiger partial charge in [-0.3, -0.25) is 4.79 Å². The van der Waals surface area contributed by atoms with Crippen molar-refractivity contribution in [3.8, 4) is 17.2 Å². The third-order valence-corrected chi connectivity index (χ3v) is 4.45.